The zero-order valence-electron chi connectivity index (χ0n) is 7.59. The molecule has 8 heteroatoms. The number of aliphatic carboxylic acids is 2. The summed E-state index contributed by atoms with van der Waals surface area (Å²) < 4.78 is 19.9. The molecule has 0 saturated heterocycles. The number of hydrogen-bond acceptors (Lipinski definition) is 5. The van der Waals surface area contributed by atoms with Crippen molar-refractivity contribution in [2.24, 2.45) is 0 Å². The molecule has 2 atom stereocenters. The summed E-state index contributed by atoms with van der Waals surface area (Å²) in [7, 11) is 0. The molecule has 0 radical (unpaired) electrons. The Labute approximate surface area is 86.7 Å². The minimum absolute atomic E-state index is 1.18. The molecule has 7 nitrogen and oxygen atoms in total. The Hall–Kier alpha value is -0.626. The van der Waals surface area contributed by atoms with Crippen molar-refractivity contribution in [2.75, 3.05) is 0 Å². The van der Waals surface area contributed by atoms with Crippen LogP contribution in [0.4, 0.5) is 0 Å². The first-order valence-electron chi connectivity index (χ1n) is 3.67. The van der Waals surface area contributed by atoms with E-state index in [9.17, 15) is 12.9 Å². The van der Waals surface area contributed by atoms with Crippen LogP contribution < -0.4 is 0 Å². The molecular weight excluding hydrogens is 232 g/mol. The van der Waals surface area contributed by atoms with Crippen molar-refractivity contribution in [1.82, 2.24) is 0 Å². The van der Waals surface area contributed by atoms with Gasteiger partial charge in [0, 0.05) is 0 Å². The van der Waals surface area contributed by atoms with Gasteiger partial charge in [0.15, 0.2) is 0 Å². The van der Waals surface area contributed by atoms with Crippen LogP contribution in [0, 0.1) is 0 Å². The van der Waals surface area contributed by atoms with E-state index in [1.165, 1.54) is 13.8 Å². The minimum atomic E-state index is -3.71. The van der Waals surface area contributed by atoms with E-state index >= 15 is 0 Å². The first-order chi connectivity index (χ1) is 6.34. The van der Waals surface area contributed by atoms with Crippen molar-refractivity contribution in [3.63, 3.8) is 0 Å². The molecule has 0 rings (SSSR count). The standard InChI is InChI=1S/2C3H5O3.O.Ti/c2*1-2(4)3(5)6;;/h2*2H,1H3,(H,5,6);;/q2*-1;;+2. The van der Waals surface area contributed by atoms with Crippen LogP contribution in [0.2, 0.25) is 0 Å². The fraction of sp³-hybridized carbons (Fsp3) is 0.667. The summed E-state index contributed by atoms with van der Waals surface area (Å²) in [6, 6.07) is 0. The van der Waals surface area contributed by atoms with E-state index in [-0.39, 0.29) is 0 Å². The average molecular weight is 242 g/mol. The molecule has 2 N–H and O–H groups in total. The molecule has 0 aliphatic heterocycles. The van der Waals surface area contributed by atoms with Gasteiger partial charge in [0.2, 0.25) is 0 Å². The third-order valence-electron chi connectivity index (χ3n) is 1.24. The van der Waals surface area contributed by atoms with Gasteiger partial charge in [-0.2, -0.15) is 0 Å². The van der Waals surface area contributed by atoms with Gasteiger partial charge >= 0.3 is 86.4 Å². The molecule has 0 heterocycles. The Morgan fingerprint density at radius 3 is 1.57 bits per heavy atom. The third-order valence-corrected chi connectivity index (χ3v) is 2.95. The van der Waals surface area contributed by atoms with Crippen molar-refractivity contribution in [3.05, 3.63) is 0 Å². The van der Waals surface area contributed by atoms with E-state index in [1.54, 1.807) is 0 Å². The summed E-state index contributed by atoms with van der Waals surface area (Å²) >= 11 is -3.71. The molecule has 0 saturated carbocycles. The fourth-order valence-electron chi connectivity index (χ4n) is 0.417. The number of carboxylic acid groups (broad SMARTS) is 2. The molecule has 0 amide bonds. The summed E-state index contributed by atoms with van der Waals surface area (Å²) in [4.78, 5) is 20.5. The first-order valence-corrected chi connectivity index (χ1v) is 5.58. The van der Waals surface area contributed by atoms with Gasteiger partial charge < -0.3 is 0 Å². The third kappa shape index (κ3) is 5.18. The van der Waals surface area contributed by atoms with E-state index in [0.717, 1.165) is 0 Å². The van der Waals surface area contributed by atoms with Gasteiger partial charge in [-0.25, -0.2) is 0 Å². The Balaban J connectivity index is 3.99. The molecule has 0 aromatic rings. The van der Waals surface area contributed by atoms with E-state index < -0.39 is 42.8 Å². The monoisotopic (exact) mass is 242 g/mol. The Morgan fingerprint density at radius 1 is 1.07 bits per heavy atom. The summed E-state index contributed by atoms with van der Waals surface area (Å²) in [5.74, 6) is -2.56. The van der Waals surface area contributed by atoms with Gasteiger partial charge in [-0.3, -0.25) is 0 Å². The molecule has 0 aromatic heterocycles. The second-order valence-electron chi connectivity index (χ2n) is 2.45. The van der Waals surface area contributed by atoms with Crippen LogP contribution in [0.5, 0.6) is 0 Å². The van der Waals surface area contributed by atoms with Gasteiger partial charge in [-0.05, 0) is 0 Å². The zero-order valence-corrected chi connectivity index (χ0v) is 9.15. The predicted octanol–water partition coefficient (Wildman–Crippen LogP) is -0.240. The molecule has 14 heavy (non-hydrogen) atoms. The van der Waals surface area contributed by atoms with Crippen LogP contribution in [-0.2, 0) is 38.2 Å². The molecule has 80 valence electrons. The van der Waals surface area contributed by atoms with Crippen LogP contribution in [0.25, 0.3) is 0 Å². The molecule has 2 unspecified atom stereocenters. The average Bonchev–Trinajstić information content (AvgIpc) is 2.03. The molecule has 0 aromatic carbocycles. The second kappa shape index (κ2) is 5.97. The zero-order chi connectivity index (χ0) is 11.3. The van der Waals surface area contributed by atoms with E-state index in [2.05, 4.69) is 6.64 Å². The SMILES string of the molecule is CC([O][Ti](=[O])[O]C(C)C(=O)O)C(=O)O. The molecule has 0 aliphatic carbocycles. The summed E-state index contributed by atoms with van der Waals surface area (Å²) in [5.41, 5.74) is 0. The Bertz CT molecular complexity index is 227. The normalized spacial score (nSPS) is 14.4. The van der Waals surface area contributed by atoms with Crippen LogP contribution in [0.1, 0.15) is 13.8 Å². The van der Waals surface area contributed by atoms with Gasteiger partial charge in [-0.15, -0.1) is 0 Å². The maximum absolute atomic E-state index is 11.0. The van der Waals surface area contributed by atoms with E-state index in [0.29, 0.717) is 0 Å². The van der Waals surface area contributed by atoms with Crippen LogP contribution >= 0.6 is 0 Å². The van der Waals surface area contributed by atoms with Gasteiger partial charge in [0.1, 0.15) is 0 Å². The van der Waals surface area contributed by atoms with Gasteiger partial charge in [-0.1, -0.05) is 0 Å². The van der Waals surface area contributed by atoms with Gasteiger partial charge in [0.05, 0.1) is 0 Å². The predicted molar refractivity (Wildman–Crippen MR) is 37.1 cm³/mol. The number of carbonyl (C=O) groups is 2. The van der Waals surface area contributed by atoms with Gasteiger partial charge in [0.25, 0.3) is 0 Å². The topological polar surface area (TPSA) is 110 Å². The van der Waals surface area contributed by atoms with Crippen molar-refractivity contribution < 1.29 is 48.4 Å². The number of carboxylic acids is 2. The van der Waals surface area contributed by atoms with Crippen molar-refractivity contribution in [1.29, 1.82) is 0 Å². The Kier molecular flexibility index (Phi) is 5.70. The summed E-state index contributed by atoms with van der Waals surface area (Å²) in [5, 5.41) is 16.7. The quantitative estimate of drug-likeness (QED) is 0.618. The summed E-state index contributed by atoms with van der Waals surface area (Å²) in [6.07, 6.45) is -2.52. The van der Waals surface area contributed by atoms with Crippen LogP contribution in [0.3, 0.4) is 0 Å². The van der Waals surface area contributed by atoms with Crippen LogP contribution in [0.15, 0.2) is 0 Å². The molecule has 0 bridgehead atoms. The van der Waals surface area contributed by atoms with E-state index in [4.69, 9.17) is 10.2 Å². The van der Waals surface area contributed by atoms with Crippen molar-refractivity contribution in [3.8, 4) is 0 Å². The van der Waals surface area contributed by atoms with Crippen molar-refractivity contribution >= 4 is 11.9 Å². The summed E-state index contributed by atoms with van der Waals surface area (Å²) in [6.45, 7) is 2.37. The Morgan fingerprint density at radius 2 is 1.36 bits per heavy atom. The first kappa shape index (κ1) is 13.4. The molecule has 0 aliphatic rings. The molecule has 0 fully saturated rings. The number of rotatable bonds is 6. The van der Waals surface area contributed by atoms with Crippen molar-refractivity contribution in [2.45, 2.75) is 26.1 Å². The van der Waals surface area contributed by atoms with E-state index in [1.807, 2.05) is 0 Å². The fourth-order valence-corrected chi connectivity index (χ4v) is 1.72. The number of hydrogen-bond donors (Lipinski definition) is 2. The molecule has 0 spiro atoms. The van der Waals surface area contributed by atoms with Crippen LogP contribution in [-0.4, -0.2) is 34.4 Å². The molecular formula is C6H10O7Ti. The maximum atomic E-state index is 11.0. The second-order valence-corrected chi connectivity index (χ2v) is 3.96.